The standard InChI is InChI=1S/C34H45NO6/c1-2-40-34-29(15-19-38-21-22-39-20-18-36)31(24-32(41-34)33(37)35-16-8-4-3-5-9-17-35)28-14-10-13-27-26-12-7-6-11-25(26)23-30(27)28/h6-7,10-14,24,29,31,34,36H,2-5,8-9,15-23H2,1H3/t29-,31+,34+/m1/s1. The monoisotopic (exact) mass is 563 g/mol. The highest BCUT2D eigenvalue weighted by Crippen LogP contribution is 2.45. The van der Waals surface area contributed by atoms with E-state index in [0.29, 0.717) is 45.2 Å². The Kier molecular flexibility index (Phi) is 10.9. The van der Waals surface area contributed by atoms with Crippen LogP contribution in [0.1, 0.15) is 68.1 Å². The Morgan fingerprint density at radius 2 is 1.66 bits per heavy atom. The molecular weight excluding hydrogens is 518 g/mol. The summed E-state index contributed by atoms with van der Waals surface area (Å²) in [5, 5.41) is 8.92. The Hall–Kier alpha value is -2.71. The maximum atomic E-state index is 13.9. The zero-order chi connectivity index (χ0) is 28.4. The maximum absolute atomic E-state index is 13.9. The lowest BCUT2D eigenvalue weighted by atomic mass is 9.78. The van der Waals surface area contributed by atoms with Gasteiger partial charge in [0, 0.05) is 38.1 Å². The van der Waals surface area contributed by atoms with Crippen molar-refractivity contribution in [3.05, 3.63) is 71.0 Å². The van der Waals surface area contributed by atoms with Crippen LogP contribution in [-0.2, 0) is 30.2 Å². The van der Waals surface area contributed by atoms with Gasteiger partial charge in [0.2, 0.25) is 6.29 Å². The summed E-state index contributed by atoms with van der Waals surface area (Å²) in [5.41, 5.74) is 6.47. The van der Waals surface area contributed by atoms with Gasteiger partial charge < -0.3 is 29.0 Å². The van der Waals surface area contributed by atoms with Crippen LogP contribution in [-0.4, -0.2) is 74.9 Å². The molecule has 2 aromatic rings. The quantitative estimate of drug-likeness (QED) is 0.296. The van der Waals surface area contributed by atoms with Gasteiger partial charge in [-0.05, 0) is 66.5 Å². The summed E-state index contributed by atoms with van der Waals surface area (Å²) in [4.78, 5) is 15.8. The van der Waals surface area contributed by atoms with Gasteiger partial charge in [-0.3, -0.25) is 4.79 Å². The SMILES string of the molecule is CCO[C@H]1OC(C(=O)N2CCCCCCC2)=C[C@@H](c2cccc3c2Cc2ccccc2-3)[C@H]1CCOCCOCCO. The van der Waals surface area contributed by atoms with Gasteiger partial charge >= 0.3 is 0 Å². The number of hydrogen-bond donors (Lipinski definition) is 1. The third-order valence-electron chi connectivity index (χ3n) is 8.52. The molecule has 222 valence electrons. The van der Waals surface area contributed by atoms with Crippen LogP contribution < -0.4 is 0 Å². The zero-order valence-corrected chi connectivity index (χ0v) is 24.4. The maximum Gasteiger partial charge on any atom is 0.288 e. The number of likely N-dealkylation sites (tertiary alicyclic amines) is 1. The van der Waals surface area contributed by atoms with Crippen LogP contribution >= 0.6 is 0 Å². The Morgan fingerprint density at radius 1 is 0.927 bits per heavy atom. The molecule has 7 nitrogen and oxygen atoms in total. The highest BCUT2D eigenvalue weighted by atomic mass is 16.7. The predicted molar refractivity (Wildman–Crippen MR) is 159 cm³/mol. The van der Waals surface area contributed by atoms with Crippen LogP contribution in [0.15, 0.2) is 54.3 Å². The fourth-order valence-corrected chi connectivity index (χ4v) is 6.49. The molecule has 1 fully saturated rings. The molecule has 5 rings (SSSR count). The van der Waals surface area contributed by atoms with Crippen molar-refractivity contribution in [2.75, 3.05) is 52.7 Å². The zero-order valence-electron chi connectivity index (χ0n) is 24.4. The second kappa shape index (κ2) is 15.0. The number of allylic oxidation sites excluding steroid dienone is 1. The Balaban J connectivity index is 1.44. The summed E-state index contributed by atoms with van der Waals surface area (Å²) in [5.74, 6) is 0.324. The molecule has 0 spiro atoms. The highest BCUT2D eigenvalue weighted by Gasteiger charge is 2.40. The van der Waals surface area contributed by atoms with Crippen molar-refractivity contribution in [1.29, 1.82) is 0 Å². The highest BCUT2D eigenvalue weighted by molar-refractivity contribution is 5.92. The lowest BCUT2D eigenvalue weighted by molar-refractivity contribution is -0.172. The van der Waals surface area contributed by atoms with Crippen LogP contribution in [0.5, 0.6) is 0 Å². The minimum absolute atomic E-state index is 0.00715. The summed E-state index contributed by atoms with van der Waals surface area (Å²) < 4.78 is 23.9. The van der Waals surface area contributed by atoms with Crippen LogP contribution in [0.3, 0.4) is 0 Å². The van der Waals surface area contributed by atoms with Gasteiger partial charge in [-0.2, -0.15) is 0 Å². The molecule has 1 N–H and O–H groups in total. The van der Waals surface area contributed by atoms with Gasteiger partial charge in [0.15, 0.2) is 5.76 Å². The average Bonchev–Trinajstić information content (AvgIpc) is 3.36. The first-order valence-electron chi connectivity index (χ1n) is 15.5. The number of aliphatic hydroxyl groups excluding tert-OH is 1. The van der Waals surface area contributed by atoms with Crippen LogP contribution in [0.25, 0.3) is 11.1 Å². The van der Waals surface area contributed by atoms with Crippen molar-refractivity contribution < 1.29 is 28.8 Å². The van der Waals surface area contributed by atoms with E-state index >= 15 is 0 Å². The van der Waals surface area contributed by atoms with E-state index in [1.54, 1.807) is 0 Å². The van der Waals surface area contributed by atoms with E-state index in [-0.39, 0.29) is 24.3 Å². The van der Waals surface area contributed by atoms with Gasteiger partial charge in [-0.25, -0.2) is 0 Å². The number of aliphatic hydroxyl groups is 1. The number of hydrogen-bond acceptors (Lipinski definition) is 6. The van der Waals surface area contributed by atoms with E-state index in [0.717, 1.165) is 45.2 Å². The molecule has 41 heavy (non-hydrogen) atoms. The largest absolute Gasteiger partial charge is 0.459 e. The molecule has 1 amide bonds. The average molecular weight is 564 g/mol. The molecule has 0 bridgehead atoms. The fourth-order valence-electron chi connectivity index (χ4n) is 6.49. The normalized spacial score (nSPS) is 22.2. The van der Waals surface area contributed by atoms with Gasteiger partial charge in [-0.1, -0.05) is 61.7 Å². The summed E-state index contributed by atoms with van der Waals surface area (Å²) >= 11 is 0. The molecule has 3 aliphatic rings. The molecule has 0 saturated carbocycles. The van der Waals surface area contributed by atoms with E-state index in [1.807, 2.05) is 11.8 Å². The molecule has 3 atom stereocenters. The number of rotatable bonds is 12. The van der Waals surface area contributed by atoms with E-state index in [4.69, 9.17) is 24.1 Å². The molecular formula is C34H45NO6. The van der Waals surface area contributed by atoms with Crippen molar-refractivity contribution in [1.82, 2.24) is 4.90 Å². The van der Waals surface area contributed by atoms with Gasteiger partial charge in [-0.15, -0.1) is 0 Å². The van der Waals surface area contributed by atoms with Crippen LogP contribution in [0, 0.1) is 5.92 Å². The van der Waals surface area contributed by atoms with Crippen molar-refractivity contribution >= 4 is 5.91 Å². The minimum Gasteiger partial charge on any atom is -0.459 e. The van der Waals surface area contributed by atoms with Gasteiger partial charge in [0.25, 0.3) is 5.91 Å². The van der Waals surface area contributed by atoms with E-state index in [2.05, 4.69) is 48.5 Å². The number of fused-ring (bicyclic) bond motifs is 3. The smallest absolute Gasteiger partial charge is 0.288 e. The van der Waals surface area contributed by atoms with Crippen molar-refractivity contribution in [3.8, 4) is 11.1 Å². The Morgan fingerprint density at radius 3 is 2.44 bits per heavy atom. The number of ether oxygens (including phenoxy) is 4. The van der Waals surface area contributed by atoms with Crippen molar-refractivity contribution in [2.45, 2.75) is 64.1 Å². The molecule has 2 heterocycles. The van der Waals surface area contributed by atoms with E-state index < -0.39 is 6.29 Å². The molecule has 0 unspecified atom stereocenters. The first-order valence-corrected chi connectivity index (χ1v) is 15.5. The second-order valence-corrected chi connectivity index (χ2v) is 11.2. The first kappa shape index (κ1) is 29.8. The van der Waals surface area contributed by atoms with Gasteiger partial charge in [0.1, 0.15) is 0 Å². The van der Waals surface area contributed by atoms with Crippen molar-refractivity contribution in [3.63, 3.8) is 0 Å². The number of carbonyl (C=O) groups excluding carboxylic acids is 1. The molecule has 7 heteroatoms. The number of benzene rings is 2. The van der Waals surface area contributed by atoms with Crippen LogP contribution in [0.4, 0.5) is 0 Å². The number of carbonyl (C=O) groups is 1. The molecule has 0 radical (unpaired) electrons. The van der Waals surface area contributed by atoms with Gasteiger partial charge in [0.05, 0.1) is 26.4 Å². The molecule has 1 saturated heterocycles. The second-order valence-electron chi connectivity index (χ2n) is 11.2. The molecule has 1 aliphatic carbocycles. The summed E-state index contributed by atoms with van der Waals surface area (Å²) in [6.07, 6.45) is 8.76. The van der Waals surface area contributed by atoms with E-state index in [9.17, 15) is 4.79 Å². The summed E-state index contributed by atoms with van der Waals surface area (Å²) in [6, 6.07) is 15.2. The topological polar surface area (TPSA) is 77.5 Å². The molecule has 2 aromatic carbocycles. The Bertz CT molecular complexity index is 1170. The Labute approximate surface area is 244 Å². The van der Waals surface area contributed by atoms with Crippen molar-refractivity contribution in [2.24, 2.45) is 5.92 Å². The molecule has 0 aromatic heterocycles. The first-order chi connectivity index (χ1) is 20.2. The predicted octanol–water partition coefficient (Wildman–Crippen LogP) is 5.44. The van der Waals surface area contributed by atoms with Crippen LogP contribution in [0.2, 0.25) is 0 Å². The van der Waals surface area contributed by atoms with E-state index in [1.165, 1.54) is 34.2 Å². The summed E-state index contributed by atoms with van der Waals surface area (Å²) in [6.45, 7) is 5.76. The fraction of sp³-hybridized carbons (Fsp3) is 0.559. The number of nitrogens with zero attached hydrogens (tertiary/aromatic N) is 1. The minimum atomic E-state index is -0.544. The lowest BCUT2D eigenvalue weighted by Gasteiger charge is -2.38. The molecule has 2 aliphatic heterocycles. The third kappa shape index (κ3) is 7.20. The number of amides is 1. The summed E-state index contributed by atoms with van der Waals surface area (Å²) in [7, 11) is 0. The lowest BCUT2D eigenvalue weighted by Crippen LogP contribution is -2.42. The third-order valence-corrected chi connectivity index (χ3v) is 8.52.